The summed E-state index contributed by atoms with van der Waals surface area (Å²) >= 11 is 0. The molecule has 4 nitrogen and oxygen atoms in total. The molecule has 1 amide bonds. The van der Waals surface area contributed by atoms with Crippen LogP contribution < -0.4 is 10.6 Å². The Kier molecular flexibility index (Phi) is 4.94. The number of ether oxygens (including phenoxy) is 1. The van der Waals surface area contributed by atoms with E-state index in [2.05, 4.69) is 10.6 Å². The Balaban J connectivity index is 1.38. The Labute approximate surface area is 122 Å². The molecule has 4 heteroatoms. The quantitative estimate of drug-likeness (QED) is 0.826. The first-order valence-electron chi connectivity index (χ1n) is 8.44. The first-order chi connectivity index (χ1) is 9.83. The minimum Gasteiger partial charge on any atom is -0.381 e. The van der Waals surface area contributed by atoms with Gasteiger partial charge in [0.05, 0.1) is 6.04 Å². The zero-order valence-electron chi connectivity index (χ0n) is 12.4. The summed E-state index contributed by atoms with van der Waals surface area (Å²) in [5, 5.41) is 6.71. The van der Waals surface area contributed by atoms with E-state index in [0.717, 1.165) is 44.9 Å². The highest BCUT2D eigenvalue weighted by atomic mass is 16.5. The molecule has 2 saturated heterocycles. The average molecular weight is 280 g/mol. The molecule has 20 heavy (non-hydrogen) atoms. The Hall–Kier alpha value is -0.610. The van der Waals surface area contributed by atoms with Crippen molar-refractivity contribution in [1.82, 2.24) is 10.6 Å². The molecule has 0 aromatic heterocycles. The van der Waals surface area contributed by atoms with Gasteiger partial charge in [0.25, 0.3) is 0 Å². The number of carbonyl (C=O) groups excluding carboxylic acids is 1. The lowest BCUT2D eigenvalue weighted by molar-refractivity contribution is -0.124. The lowest BCUT2D eigenvalue weighted by Gasteiger charge is -2.39. The highest BCUT2D eigenvalue weighted by Crippen LogP contribution is 2.32. The SMILES string of the molecule is O=C(NCCC1CCOC1)C1CCC2CCCCC2N1. The maximum atomic E-state index is 12.2. The van der Waals surface area contributed by atoms with Gasteiger partial charge in [-0.2, -0.15) is 0 Å². The van der Waals surface area contributed by atoms with Crippen molar-refractivity contribution in [3.05, 3.63) is 0 Å². The van der Waals surface area contributed by atoms with E-state index in [9.17, 15) is 4.79 Å². The third kappa shape index (κ3) is 3.53. The second kappa shape index (κ2) is 6.90. The first-order valence-corrected chi connectivity index (χ1v) is 8.44. The molecule has 2 aliphatic heterocycles. The van der Waals surface area contributed by atoms with Crippen LogP contribution in [0.15, 0.2) is 0 Å². The number of piperidine rings is 1. The molecule has 4 atom stereocenters. The van der Waals surface area contributed by atoms with E-state index in [1.54, 1.807) is 0 Å². The molecule has 4 unspecified atom stereocenters. The van der Waals surface area contributed by atoms with Crippen molar-refractivity contribution in [2.24, 2.45) is 11.8 Å². The van der Waals surface area contributed by atoms with Gasteiger partial charge in [-0.05, 0) is 50.4 Å². The molecule has 0 bridgehead atoms. The van der Waals surface area contributed by atoms with Crippen molar-refractivity contribution in [2.75, 3.05) is 19.8 Å². The van der Waals surface area contributed by atoms with Gasteiger partial charge in [-0.25, -0.2) is 0 Å². The minimum absolute atomic E-state index is 0.0502. The van der Waals surface area contributed by atoms with E-state index >= 15 is 0 Å². The first kappa shape index (κ1) is 14.3. The van der Waals surface area contributed by atoms with E-state index in [1.807, 2.05) is 0 Å². The molecule has 0 aromatic carbocycles. The maximum Gasteiger partial charge on any atom is 0.237 e. The van der Waals surface area contributed by atoms with Crippen LogP contribution in [0, 0.1) is 11.8 Å². The molecule has 114 valence electrons. The molecule has 3 fully saturated rings. The van der Waals surface area contributed by atoms with Gasteiger partial charge in [0.1, 0.15) is 0 Å². The number of fused-ring (bicyclic) bond motifs is 1. The van der Waals surface area contributed by atoms with Gasteiger partial charge in [-0.3, -0.25) is 4.79 Å². The van der Waals surface area contributed by atoms with Crippen molar-refractivity contribution >= 4 is 5.91 Å². The third-order valence-electron chi connectivity index (χ3n) is 5.34. The van der Waals surface area contributed by atoms with Gasteiger partial charge in [-0.15, -0.1) is 0 Å². The molecule has 3 rings (SSSR count). The molecule has 2 N–H and O–H groups in total. The number of amides is 1. The second-order valence-corrected chi connectivity index (χ2v) is 6.76. The molecule has 0 aromatic rings. The van der Waals surface area contributed by atoms with Gasteiger partial charge in [-0.1, -0.05) is 12.8 Å². The summed E-state index contributed by atoms with van der Waals surface area (Å²) in [6, 6.07) is 0.644. The molecule has 0 spiro atoms. The van der Waals surface area contributed by atoms with E-state index in [0.29, 0.717) is 12.0 Å². The molecule has 1 aliphatic carbocycles. The van der Waals surface area contributed by atoms with Crippen molar-refractivity contribution in [2.45, 2.75) is 63.5 Å². The molecule has 1 saturated carbocycles. The molecule has 2 heterocycles. The Bertz CT molecular complexity index is 328. The summed E-state index contributed by atoms with van der Waals surface area (Å²) in [5.41, 5.74) is 0. The average Bonchev–Trinajstić information content (AvgIpc) is 3.00. The largest absolute Gasteiger partial charge is 0.381 e. The molecular weight excluding hydrogens is 252 g/mol. The highest BCUT2D eigenvalue weighted by Gasteiger charge is 2.34. The van der Waals surface area contributed by atoms with Crippen LogP contribution in [0.3, 0.4) is 0 Å². The Morgan fingerprint density at radius 3 is 2.90 bits per heavy atom. The summed E-state index contributed by atoms with van der Waals surface area (Å²) < 4.78 is 5.37. The van der Waals surface area contributed by atoms with Crippen LogP contribution in [0.25, 0.3) is 0 Å². The van der Waals surface area contributed by atoms with Crippen LogP contribution in [-0.4, -0.2) is 37.7 Å². The summed E-state index contributed by atoms with van der Waals surface area (Å²) in [6.45, 7) is 2.58. The summed E-state index contributed by atoms with van der Waals surface area (Å²) in [4.78, 5) is 12.2. The molecular formula is C16H28N2O2. The monoisotopic (exact) mass is 280 g/mol. The second-order valence-electron chi connectivity index (χ2n) is 6.76. The Morgan fingerprint density at radius 1 is 1.15 bits per heavy atom. The molecule has 3 aliphatic rings. The number of hydrogen-bond acceptors (Lipinski definition) is 3. The third-order valence-corrected chi connectivity index (χ3v) is 5.34. The van der Waals surface area contributed by atoms with Crippen LogP contribution >= 0.6 is 0 Å². The van der Waals surface area contributed by atoms with E-state index < -0.39 is 0 Å². The van der Waals surface area contributed by atoms with Crippen molar-refractivity contribution in [3.8, 4) is 0 Å². The smallest absolute Gasteiger partial charge is 0.237 e. The fourth-order valence-electron chi connectivity index (χ4n) is 4.04. The van der Waals surface area contributed by atoms with Crippen LogP contribution in [0.1, 0.15) is 51.4 Å². The molecule has 0 radical (unpaired) electrons. The van der Waals surface area contributed by atoms with Crippen molar-refractivity contribution in [1.29, 1.82) is 0 Å². The Morgan fingerprint density at radius 2 is 2.05 bits per heavy atom. The van der Waals surface area contributed by atoms with Gasteiger partial charge < -0.3 is 15.4 Å². The predicted molar refractivity (Wildman–Crippen MR) is 78.5 cm³/mol. The van der Waals surface area contributed by atoms with E-state index in [4.69, 9.17) is 4.74 Å². The van der Waals surface area contributed by atoms with Gasteiger partial charge >= 0.3 is 0 Å². The van der Waals surface area contributed by atoms with Gasteiger partial charge in [0.2, 0.25) is 5.91 Å². The summed E-state index contributed by atoms with van der Waals surface area (Å²) in [5.74, 6) is 1.69. The van der Waals surface area contributed by atoms with Crippen molar-refractivity contribution in [3.63, 3.8) is 0 Å². The lowest BCUT2D eigenvalue weighted by Crippen LogP contribution is -2.55. The number of carbonyl (C=O) groups is 1. The normalized spacial score (nSPS) is 37.4. The van der Waals surface area contributed by atoms with Crippen LogP contribution in [-0.2, 0) is 9.53 Å². The van der Waals surface area contributed by atoms with Crippen LogP contribution in [0.5, 0.6) is 0 Å². The number of nitrogens with one attached hydrogen (secondary N) is 2. The lowest BCUT2D eigenvalue weighted by atomic mass is 9.77. The minimum atomic E-state index is 0.0502. The summed E-state index contributed by atoms with van der Waals surface area (Å²) in [6.07, 6.45) is 9.77. The standard InChI is InChI=1S/C16H28N2O2/c19-16(17-9-7-12-8-10-20-11-12)15-6-5-13-3-1-2-4-14(13)18-15/h12-15,18H,1-11H2,(H,17,19). The fourth-order valence-corrected chi connectivity index (χ4v) is 4.04. The number of rotatable bonds is 4. The number of hydrogen-bond donors (Lipinski definition) is 2. The van der Waals surface area contributed by atoms with Crippen LogP contribution in [0.2, 0.25) is 0 Å². The fraction of sp³-hybridized carbons (Fsp3) is 0.938. The summed E-state index contributed by atoms with van der Waals surface area (Å²) in [7, 11) is 0. The topological polar surface area (TPSA) is 50.4 Å². The highest BCUT2D eigenvalue weighted by molar-refractivity contribution is 5.81. The van der Waals surface area contributed by atoms with Crippen molar-refractivity contribution < 1.29 is 9.53 Å². The zero-order valence-corrected chi connectivity index (χ0v) is 12.4. The van der Waals surface area contributed by atoms with E-state index in [-0.39, 0.29) is 11.9 Å². The predicted octanol–water partition coefficient (Wildman–Crippen LogP) is 1.84. The zero-order chi connectivity index (χ0) is 13.8. The maximum absolute atomic E-state index is 12.2. The van der Waals surface area contributed by atoms with E-state index in [1.165, 1.54) is 32.1 Å². The van der Waals surface area contributed by atoms with Gasteiger partial charge in [0.15, 0.2) is 0 Å². The van der Waals surface area contributed by atoms with Crippen LogP contribution in [0.4, 0.5) is 0 Å². The van der Waals surface area contributed by atoms with Gasteiger partial charge in [0, 0.05) is 25.8 Å².